The van der Waals surface area contributed by atoms with Crippen LogP contribution in [0.4, 0.5) is 4.39 Å². The predicted molar refractivity (Wildman–Crippen MR) is 50.4 cm³/mol. The first-order chi connectivity index (χ1) is 6.72. The number of hydrogen-bond donors (Lipinski definition) is 2. The molecule has 0 spiro atoms. The first-order valence-corrected chi connectivity index (χ1v) is 5.07. The monoisotopic (exact) mass is 201 g/mol. The summed E-state index contributed by atoms with van der Waals surface area (Å²) >= 11 is 0. The molecule has 0 saturated carbocycles. The SMILES string of the molecule is NC[C@@H]1C[C@H](F)CN1C(=O)C1CNC1. The number of nitrogens with one attached hydrogen (secondary N) is 1. The Labute approximate surface area is 82.6 Å². The minimum atomic E-state index is -0.888. The van der Waals surface area contributed by atoms with Crippen LogP contribution in [0.25, 0.3) is 0 Å². The van der Waals surface area contributed by atoms with Gasteiger partial charge in [-0.1, -0.05) is 0 Å². The van der Waals surface area contributed by atoms with E-state index in [1.807, 2.05) is 0 Å². The minimum absolute atomic E-state index is 0.0503. The van der Waals surface area contributed by atoms with Crippen molar-refractivity contribution < 1.29 is 9.18 Å². The number of nitrogens with zero attached hydrogens (tertiary/aromatic N) is 1. The molecule has 0 aromatic carbocycles. The Hall–Kier alpha value is -0.680. The average Bonchev–Trinajstić information content (AvgIpc) is 2.43. The van der Waals surface area contributed by atoms with Crippen LogP contribution >= 0.6 is 0 Å². The van der Waals surface area contributed by atoms with Crippen LogP contribution in [0.5, 0.6) is 0 Å². The Bertz CT molecular complexity index is 232. The largest absolute Gasteiger partial charge is 0.335 e. The number of halogens is 1. The number of carbonyl (C=O) groups is 1. The lowest BCUT2D eigenvalue weighted by molar-refractivity contribution is -0.137. The standard InChI is InChI=1S/C9H16FN3O/c10-7-1-8(2-11)13(5-7)9(14)6-3-12-4-6/h6-8,12H,1-5,11H2/t7-,8-/m0/s1. The third-order valence-electron chi connectivity index (χ3n) is 3.05. The van der Waals surface area contributed by atoms with Crippen molar-refractivity contribution in [2.75, 3.05) is 26.2 Å². The molecule has 0 bridgehead atoms. The third kappa shape index (κ3) is 1.62. The smallest absolute Gasteiger partial charge is 0.228 e. The van der Waals surface area contributed by atoms with Crippen LogP contribution in [0.15, 0.2) is 0 Å². The maximum atomic E-state index is 13.1. The van der Waals surface area contributed by atoms with Crippen molar-refractivity contribution in [2.24, 2.45) is 11.7 Å². The van der Waals surface area contributed by atoms with Crippen molar-refractivity contribution in [1.82, 2.24) is 10.2 Å². The fourth-order valence-corrected chi connectivity index (χ4v) is 2.05. The molecule has 4 nitrogen and oxygen atoms in total. The molecule has 0 aliphatic carbocycles. The highest BCUT2D eigenvalue weighted by Crippen LogP contribution is 2.22. The van der Waals surface area contributed by atoms with Gasteiger partial charge in [0.05, 0.1) is 12.5 Å². The summed E-state index contributed by atoms with van der Waals surface area (Å²) in [6, 6.07) is -0.0851. The first kappa shape index (κ1) is 9.86. The van der Waals surface area contributed by atoms with Crippen LogP contribution in [0.1, 0.15) is 6.42 Å². The van der Waals surface area contributed by atoms with Gasteiger partial charge in [-0.2, -0.15) is 0 Å². The molecule has 14 heavy (non-hydrogen) atoms. The summed E-state index contributed by atoms with van der Waals surface area (Å²) in [5.74, 6) is 0.119. The van der Waals surface area contributed by atoms with E-state index in [-0.39, 0.29) is 24.4 Å². The van der Waals surface area contributed by atoms with Crippen LogP contribution in [0.2, 0.25) is 0 Å². The van der Waals surface area contributed by atoms with Gasteiger partial charge in [0.25, 0.3) is 0 Å². The van der Waals surface area contributed by atoms with Gasteiger partial charge in [-0.3, -0.25) is 4.79 Å². The van der Waals surface area contributed by atoms with E-state index < -0.39 is 6.17 Å². The van der Waals surface area contributed by atoms with Gasteiger partial charge in [0.2, 0.25) is 5.91 Å². The van der Waals surface area contributed by atoms with Crippen LogP contribution < -0.4 is 11.1 Å². The van der Waals surface area contributed by atoms with E-state index >= 15 is 0 Å². The third-order valence-corrected chi connectivity index (χ3v) is 3.05. The van der Waals surface area contributed by atoms with Gasteiger partial charge in [0.15, 0.2) is 0 Å². The summed E-state index contributed by atoms with van der Waals surface area (Å²) in [6.45, 7) is 2.05. The number of rotatable bonds is 2. The molecule has 2 aliphatic rings. The summed E-state index contributed by atoms with van der Waals surface area (Å²) < 4.78 is 13.1. The minimum Gasteiger partial charge on any atom is -0.335 e. The molecule has 80 valence electrons. The quantitative estimate of drug-likeness (QED) is 0.609. The Morgan fingerprint density at radius 2 is 2.29 bits per heavy atom. The van der Waals surface area contributed by atoms with Gasteiger partial charge in [-0.25, -0.2) is 4.39 Å². The summed E-state index contributed by atoms with van der Waals surface area (Å²) in [4.78, 5) is 13.4. The summed E-state index contributed by atoms with van der Waals surface area (Å²) in [7, 11) is 0. The average molecular weight is 201 g/mol. The molecule has 2 aliphatic heterocycles. The zero-order valence-electron chi connectivity index (χ0n) is 8.08. The van der Waals surface area contributed by atoms with E-state index in [9.17, 15) is 9.18 Å². The normalized spacial score (nSPS) is 33.1. The molecular formula is C9H16FN3O. The zero-order valence-corrected chi connectivity index (χ0v) is 8.08. The molecule has 1 amide bonds. The highest BCUT2D eigenvalue weighted by molar-refractivity contribution is 5.81. The lowest BCUT2D eigenvalue weighted by Gasteiger charge is -2.32. The van der Waals surface area contributed by atoms with Crippen molar-refractivity contribution in [2.45, 2.75) is 18.6 Å². The molecule has 2 rings (SSSR count). The van der Waals surface area contributed by atoms with E-state index in [0.29, 0.717) is 13.0 Å². The maximum absolute atomic E-state index is 13.1. The summed E-state index contributed by atoms with van der Waals surface area (Å²) in [6.07, 6.45) is -0.483. The number of carbonyl (C=O) groups excluding carboxylic acids is 1. The number of nitrogens with two attached hydrogens (primary N) is 1. The molecule has 0 unspecified atom stereocenters. The van der Waals surface area contributed by atoms with Crippen molar-refractivity contribution >= 4 is 5.91 Å². The van der Waals surface area contributed by atoms with Crippen LogP contribution in [0, 0.1) is 5.92 Å². The van der Waals surface area contributed by atoms with Gasteiger partial charge in [-0.15, -0.1) is 0 Å². The molecule has 3 N–H and O–H groups in total. The number of hydrogen-bond acceptors (Lipinski definition) is 3. The molecular weight excluding hydrogens is 185 g/mol. The van der Waals surface area contributed by atoms with Crippen LogP contribution in [-0.2, 0) is 4.79 Å². The van der Waals surface area contributed by atoms with Crippen molar-refractivity contribution in [1.29, 1.82) is 0 Å². The number of amides is 1. The van der Waals surface area contributed by atoms with Gasteiger partial charge in [0.1, 0.15) is 6.17 Å². The number of likely N-dealkylation sites (tertiary alicyclic amines) is 1. The van der Waals surface area contributed by atoms with E-state index in [4.69, 9.17) is 5.73 Å². The van der Waals surface area contributed by atoms with Crippen molar-refractivity contribution in [3.8, 4) is 0 Å². The lowest BCUT2D eigenvalue weighted by atomic mass is 10.0. The van der Waals surface area contributed by atoms with Gasteiger partial charge in [-0.05, 0) is 0 Å². The molecule has 2 saturated heterocycles. The van der Waals surface area contributed by atoms with E-state index in [2.05, 4.69) is 5.32 Å². The fraction of sp³-hybridized carbons (Fsp3) is 0.889. The highest BCUT2D eigenvalue weighted by atomic mass is 19.1. The molecule has 2 fully saturated rings. The van der Waals surface area contributed by atoms with Crippen LogP contribution in [0.3, 0.4) is 0 Å². The van der Waals surface area contributed by atoms with Crippen molar-refractivity contribution in [3.63, 3.8) is 0 Å². The maximum Gasteiger partial charge on any atom is 0.228 e. The molecule has 0 radical (unpaired) electrons. The van der Waals surface area contributed by atoms with E-state index in [1.165, 1.54) is 0 Å². The highest BCUT2D eigenvalue weighted by Gasteiger charge is 2.38. The number of alkyl halides is 1. The van der Waals surface area contributed by atoms with Gasteiger partial charge < -0.3 is 16.0 Å². The molecule has 2 atom stereocenters. The second-order valence-electron chi connectivity index (χ2n) is 4.07. The lowest BCUT2D eigenvalue weighted by Crippen LogP contribution is -2.54. The second-order valence-corrected chi connectivity index (χ2v) is 4.07. The Morgan fingerprint density at radius 3 is 2.79 bits per heavy atom. The Balaban J connectivity index is 1.97. The second kappa shape index (κ2) is 3.82. The topological polar surface area (TPSA) is 58.4 Å². The van der Waals surface area contributed by atoms with E-state index in [1.54, 1.807) is 4.90 Å². The van der Waals surface area contributed by atoms with Gasteiger partial charge >= 0.3 is 0 Å². The van der Waals surface area contributed by atoms with Crippen molar-refractivity contribution in [3.05, 3.63) is 0 Å². The zero-order chi connectivity index (χ0) is 10.1. The summed E-state index contributed by atoms with van der Waals surface area (Å²) in [5.41, 5.74) is 5.51. The molecule has 0 aromatic rings. The molecule has 0 aromatic heterocycles. The van der Waals surface area contributed by atoms with Gasteiger partial charge in [0, 0.05) is 32.1 Å². The molecule has 2 heterocycles. The fourth-order valence-electron chi connectivity index (χ4n) is 2.05. The molecule has 5 heteroatoms. The van der Waals surface area contributed by atoms with E-state index in [0.717, 1.165) is 13.1 Å². The Kier molecular flexibility index (Phi) is 2.69. The first-order valence-electron chi connectivity index (χ1n) is 5.07. The van der Waals surface area contributed by atoms with Crippen LogP contribution in [-0.4, -0.2) is 49.2 Å². The summed E-state index contributed by atoms with van der Waals surface area (Å²) in [5, 5.41) is 3.04. The Morgan fingerprint density at radius 1 is 1.57 bits per heavy atom. The predicted octanol–water partition coefficient (Wildman–Crippen LogP) is -0.896.